The third-order valence-corrected chi connectivity index (χ3v) is 6.88. The lowest BCUT2D eigenvalue weighted by Gasteiger charge is -2.30. The minimum absolute atomic E-state index is 0.0738. The summed E-state index contributed by atoms with van der Waals surface area (Å²) >= 11 is 1.89. The Hall–Kier alpha value is 0.220. The van der Waals surface area contributed by atoms with Gasteiger partial charge in [0.2, 0.25) is 10.0 Å². The maximum Gasteiger partial charge on any atom is 0.217 e. The number of thioether (sulfide) groups is 1. The third-order valence-electron chi connectivity index (χ3n) is 3.23. The van der Waals surface area contributed by atoms with Crippen LogP contribution < -0.4 is 0 Å². The SMILES string of the molecule is CN(C)CC1CSCCCN1S(=O)(=O)C1CC1. The summed E-state index contributed by atoms with van der Waals surface area (Å²) < 4.78 is 26.6. The fourth-order valence-electron chi connectivity index (χ4n) is 2.27. The van der Waals surface area contributed by atoms with E-state index in [2.05, 4.69) is 4.90 Å². The number of hydrogen-bond donors (Lipinski definition) is 0. The van der Waals surface area contributed by atoms with E-state index in [0.717, 1.165) is 37.3 Å². The summed E-state index contributed by atoms with van der Waals surface area (Å²) in [7, 11) is 1.01. The number of hydrogen-bond acceptors (Lipinski definition) is 4. The highest BCUT2D eigenvalue weighted by atomic mass is 32.2. The van der Waals surface area contributed by atoms with Crippen LogP contribution in [-0.4, -0.2) is 67.6 Å². The van der Waals surface area contributed by atoms with Crippen molar-refractivity contribution >= 4 is 21.8 Å². The summed E-state index contributed by atoms with van der Waals surface area (Å²) in [5, 5.41) is -0.0738. The van der Waals surface area contributed by atoms with Gasteiger partial charge in [0.15, 0.2) is 0 Å². The molecule has 100 valence electrons. The molecule has 1 atom stereocenters. The van der Waals surface area contributed by atoms with E-state index in [4.69, 9.17) is 0 Å². The first kappa shape index (κ1) is 13.6. The van der Waals surface area contributed by atoms with Gasteiger partial charge in [-0.25, -0.2) is 8.42 Å². The van der Waals surface area contributed by atoms with Gasteiger partial charge in [-0.3, -0.25) is 0 Å². The second-order valence-electron chi connectivity index (χ2n) is 5.20. The molecule has 0 aromatic carbocycles. The van der Waals surface area contributed by atoms with E-state index >= 15 is 0 Å². The van der Waals surface area contributed by atoms with E-state index in [1.807, 2.05) is 25.9 Å². The molecule has 1 aliphatic heterocycles. The zero-order valence-corrected chi connectivity index (χ0v) is 12.3. The molecule has 0 spiro atoms. The van der Waals surface area contributed by atoms with Gasteiger partial charge >= 0.3 is 0 Å². The quantitative estimate of drug-likeness (QED) is 0.764. The van der Waals surface area contributed by atoms with Crippen LogP contribution in [0, 0.1) is 0 Å². The molecule has 0 N–H and O–H groups in total. The van der Waals surface area contributed by atoms with Crippen molar-refractivity contribution < 1.29 is 8.42 Å². The van der Waals surface area contributed by atoms with Crippen LogP contribution in [0.3, 0.4) is 0 Å². The monoisotopic (exact) mass is 278 g/mol. The van der Waals surface area contributed by atoms with Gasteiger partial charge in [-0.15, -0.1) is 0 Å². The Balaban J connectivity index is 2.13. The van der Waals surface area contributed by atoms with Gasteiger partial charge in [0.25, 0.3) is 0 Å². The van der Waals surface area contributed by atoms with Crippen molar-refractivity contribution in [3.63, 3.8) is 0 Å². The lowest BCUT2D eigenvalue weighted by molar-refractivity contribution is 0.271. The zero-order valence-electron chi connectivity index (χ0n) is 10.6. The van der Waals surface area contributed by atoms with Crippen LogP contribution in [0.2, 0.25) is 0 Å². The molecular formula is C11H22N2O2S2. The molecule has 1 saturated heterocycles. The van der Waals surface area contributed by atoms with Gasteiger partial charge in [0.1, 0.15) is 0 Å². The molecule has 2 fully saturated rings. The standard InChI is InChI=1S/C11H22N2O2S2/c1-12(2)8-10-9-16-7-3-6-13(10)17(14,15)11-4-5-11/h10-11H,3-9H2,1-2H3. The minimum Gasteiger partial charge on any atom is -0.308 e. The van der Waals surface area contributed by atoms with Crippen LogP contribution in [0.1, 0.15) is 19.3 Å². The number of sulfonamides is 1. The lowest BCUT2D eigenvalue weighted by Crippen LogP contribution is -2.47. The van der Waals surface area contributed by atoms with Gasteiger partial charge in [-0.05, 0) is 39.1 Å². The first-order chi connectivity index (χ1) is 8.01. The summed E-state index contributed by atoms with van der Waals surface area (Å²) in [6.45, 7) is 1.54. The number of nitrogens with zero attached hydrogens (tertiary/aromatic N) is 2. The Kier molecular flexibility index (Phi) is 4.39. The molecule has 4 nitrogen and oxygen atoms in total. The predicted octanol–water partition coefficient (Wildman–Crippen LogP) is 0.848. The van der Waals surface area contributed by atoms with E-state index in [1.165, 1.54) is 0 Å². The van der Waals surface area contributed by atoms with E-state index < -0.39 is 10.0 Å². The molecule has 1 aliphatic carbocycles. The van der Waals surface area contributed by atoms with Crippen molar-refractivity contribution in [3.05, 3.63) is 0 Å². The third kappa shape index (κ3) is 3.36. The van der Waals surface area contributed by atoms with Gasteiger partial charge in [0.05, 0.1) is 5.25 Å². The topological polar surface area (TPSA) is 40.6 Å². The molecule has 2 aliphatic rings. The molecule has 0 aromatic heterocycles. The molecule has 0 aromatic rings. The molecule has 6 heteroatoms. The highest BCUT2D eigenvalue weighted by Crippen LogP contribution is 2.33. The molecule has 1 unspecified atom stereocenters. The van der Waals surface area contributed by atoms with E-state index in [0.29, 0.717) is 6.54 Å². The fourth-order valence-corrected chi connectivity index (χ4v) is 5.47. The van der Waals surface area contributed by atoms with E-state index in [-0.39, 0.29) is 11.3 Å². The van der Waals surface area contributed by atoms with Crippen LogP contribution in [0.25, 0.3) is 0 Å². The Morgan fingerprint density at radius 2 is 2.06 bits per heavy atom. The maximum atomic E-state index is 12.4. The van der Waals surface area contributed by atoms with Crippen molar-refractivity contribution in [2.75, 3.05) is 38.7 Å². The van der Waals surface area contributed by atoms with Crippen LogP contribution in [0.15, 0.2) is 0 Å². The van der Waals surface area contributed by atoms with E-state index in [1.54, 1.807) is 4.31 Å². The second-order valence-corrected chi connectivity index (χ2v) is 8.52. The van der Waals surface area contributed by atoms with Crippen LogP contribution in [0.4, 0.5) is 0 Å². The van der Waals surface area contributed by atoms with Gasteiger partial charge in [-0.2, -0.15) is 16.1 Å². The molecule has 0 bridgehead atoms. The molecule has 0 amide bonds. The van der Waals surface area contributed by atoms with Crippen molar-refractivity contribution in [1.82, 2.24) is 9.21 Å². The largest absolute Gasteiger partial charge is 0.308 e. The van der Waals surface area contributed by atoms with Gasteiger partial charge < -0.3 is 4.90 Å². The van der Waals surface area contributed by atoms with Crippen molar-refractivity contribution in [1.29, 1.82) is 0 Å². The first-order valence-electron chi connectivity index (χ1n) is 6.25. The second kappa shape index (κ2) is 5.47. The predicted molar refractivity (Wildman–Crippen MR) is 72.9 cm³/mol. The molecular weight excluding hydrogens is 256 g/mol. The molecule has 17 heavy (non-hydrogen) atoms. The van der Waals surface area contributed by atoms with Gasteiger partial charge in [0, 0.05) is 24.9 Å². The Morgan fingerprint density at radius 1 is 1.35 bits per heavy atom. The van der Waals surface area contributed by atoms with E-state index in [9.17, 15) is 8.42 Å². The summed E-state index contributed by atoms with van der Waals surface area (Å²) in [6, 6.07) is 0.156. The Morgan fingerprint density at radius 3 is 2.65 bits per heavy atom. The molecule has 0 radical (unpaired) electrons. The van der Waals surface area contributed by atoms with Crippen molar-refractivity contribution in [2.24, 2.45) is 0 Å². The molecule has 1 heterocycles. The maximum absolute atomic E-state index is 12.4. The lowest BCUT2D eigenvalue weighted by atomic mass is 10.3. The number of likely N-dealkylation sites (N-methyl/N-ethyl adjacent to an activating group) is 1. The molecule has 1 saturated carbocycles. The fraction of sp³-hybridized carbons (Fsp3) is 1.00. The average molecular weight is 278 g/mol. The first-order valence-corrected chi connectivity index (χ1v) is 8.90. The summed E-state index contributed by atoms with van der Waals surface area (Å²) in [5.41, 5.74) is 0. The van der Waals surface area contributed by atoms with Gasteiger partial charge in [-0.1, -0.05) is 0 Å². The highest BCUT2D eigenvalue weighted by Gasteiger charge is 2.42. The zero-order chi connectivity index (χ0) is 12.5. The van der Waals surface area contributed by atoms with Crippen LogP contribution in [-0.2, 0) is 10.0 Å². The summed E-state index contributed by atoms with van der Waals surface area (Å²) in [6.07, 6.45) is 2.71. The smallest absolute Gasteiger partial charge is 0.217 e. The average Bonchev–Trinajstić information content (AvgIpc) is 3.03. The Bertz CT molecular complexity index is 352. The van der Waals surface area contributed by atoms with Crippen molar-refractivity contribution in [2.45, 2.75) is 30.6 Å². The normalized spacial score (nSPS) is 28.3. The minimum atomic E-state index is -3.01. The van der Waals surface area contributed by atoms with Crippen LogP contribution in [0.5, 0.6) is 0 Å². The van der Waals surface area contributed by atoms with Crippen LogP contribution >= 0.6 is 11.8 Å². The Labute approximate surface area is 109 Å². The summed E-state index contributed by atoms with van der Waals surface area (Å²) in [4.78, 5) is 2.09. The highest BCUT2D eigenvalue weighted by molar-refractivity contribution is 7.99. The summed E-state index contributed by atoms with van der Waals surface area (Å²) in [5.74, 6) is 2.02. The molecule has 2 rings (SSSR count). The van der Waals surface area contributed by atoms with Crippen molar-refractivity contribution in [3.8, 4) is 0 Å². The number of rotatable bonds is 4.